The number of carbonyl (C=O) groups excluding carboxylic acids is 1. The predicted molar refractivity (Wildman–Crippen MR) is 91.6 cm³/mol. The van der Waals surface area contributed by atoms with Gasteiger partial charge in [-0.15, -0.1) is 0 Å². The van der Waals surface area contributed by atoms with Crippen LogP contribution in [0.2, 0.25) is 0 Å². The number of para-hydroxylation sites is 1. The van der Waals surface area contributed by atoms with Gasteiger partial charge in [-0.2, -0.15) is 0 Å². The first-order chi connectivity index (χ1) is 11.0. The fraction of sp³-hybridized carbons (Fsp3) is 0.588. The van der Waals surface area contributed by atoms with Crippen molar-refractivity contribution in [1.29, 1.82) is 0 Å². The molecule has 2 aliphatic rings. The summed E-state index contributed by atoms with van der Waals surface area (Å²) < 4.78 is 23.0. The molecule has 1 fully saturated rings. The van der Waals surface area contributed by atoms with Crippen molar-refractivity contribution in [2.24, 2.45) is 0 Å². The second-order valence-corrected chi connectivity index (χ2v) is 8.70. The number of hydrogen-bond donors (Lipinski definition) is 1. The van der Waals surface area contributed by atoms with Crippen LogP contribution >= 0.6 is 0 Å². The average molecular weight is 336 g/mol. The van der Waals surface area contributed by atoms with Crippen LogP contribution in [0.3, 0.4) is 0 Å². The molecule has 1 amide bonds. The van der Waals surface area contributed by atoms with E-state index in [0.717, 1.165) is 25.8 Å². The first kappa shape index (κ1) is 16.3. The van der Waals surface area contributed by atoms with E-state index in [1.807, 2.05) is 0 Å². The molecule has 0 saturated carbocycles. The van der Waals surface area contributed by atoms with Crippen molar-refractivity contribution in [2.75, 3.05) is 29.5 Å². The fourth-order valence-corrected chi connectivity index (χ4v) is 5.30. The summed E-state index contributed by atoms with van der Waals surface area (Å²) in [6.07, 6.45) is 3.58. The van der Waals surface area contributed by atoms with Crippen LogP contribution in [0.5, 0.6) is 0 Å². The number of hydrogen-bond acceptors (Lipinski definition) is 4. The number of fused-ring (bicyclic) bond motifs is 1. The van der Waals surface area contributed by atoms with Gasteiger partial charge in [-0.05, 0) is 36.8 Å². The number of amides is 1. The predicted octanol–water partition coefficient (Wildman–Crippen LogP) is 1.30. The number of anilines is 1. The Morgan fingerprint density at radius 2 is 2.22 bits per heavy atom. The van der Waals surface area contributed by atoms with E-state index >= 15 is 0 Å². The molecule has 0 bridgehead atoms. The number of benzene rings is 1. The molecule has 126 valence electrons. The summed E-state index contributed by atoms with van der Waals surface area (Å²) in [5.74, 6) is 0.186. The molecule has 0 aliphatic carbocycles. The standard InChI is InChI=1S/C17H24N2O3S/c1-2-13-5-3-6-14-7-4-9-19(17(13)14)11-16(20)18-15-8-10-23(21,22)12-15/h3,5-6,15H,2,4,7-12H2,1H3,(H,18,20)/t15-/m0/s1. The molecule has 2 aliphatic heterocycles. The van der Waals surface area contributed by atoms with Crippen LogP contribution in [0.1, 0.15) is 30.9 Å². The van der Waals surface area contributed by atoms with Gasteiger partial charge in [0, 0.05) is 18.3 Å². The SMILES string of the molecule is CCc1cccc2c1N(CC(=O)N[C@H]1CCS(=O)(=O)C1)CCC2. The number of nitrogens with one attached hydrogen (secondary N) is 1. The summed E-state index contributed by atoms with van der Waals surface area (Å²) >= 11 is 0. The lowest BCUT2D eigenvalue weighted by Crippen LogP contribution is -2.44. The molecule has 1 saturated heterocycles. The van der Waals surface area contributed by atoms with E-state index in [-0.39, 0.29) is 23.5 Å². The maximum Gasteiger partial charge on any atom is 0.239 e. The lowest BCUT2D eigenvalue weighted by molar-refractivity contribution is -0.120. The number of nitrogens with zero attached hydrogens (tertiary/aromatic N) is 1. The molecule has 1 aromatic carbocycles. The van der Waals surface area contributed by atoms with E-state index < -0.39 is 9.84 Å². The minimum Gasteiger partial charge on any atom is -0.362 e. The van der Waals surface area contributed by atoms with E-state index in [4.69, 9.17) is 0 Å². The van der Waals surface area contributed by atoms with Crippen LogP contribution in [-0.2, 0) is 27.5 Å². The monoisotopic (exact) mass is 336 g/mol. The van der Waals surface area contributed by atoms with Crippen molar-refractivity contribution in [2.45, 2.75) is 38.6 Å². The van der Waals surface area contributed by atoms with Crippen molar-refractivity contribution in [3.05, 3.63) is 29.3 Å². The third-order valence-corrected chi connectivity index (χ3v) is 6.47. The van der Waals surface area contributed by atoms with Crippen LogP contribution in [0.15, 0.2) is 18.2 Å². The first-order valence-corrected chi connectivity index (χ1v) is 10.2. The molecule has 5 nitrogen and oxygen atoms in total. The lowest BCUT2D eigenvalue weighted by Gasteiger charge is -2.33. The minimum absolute atomic E-state index is 0.0779. The highest BCUT2D eigenvalue weighted by Crippen LogP contribution is 2.31. The van der Waals surface area contributed by atoms with Gasteiger partial charge < -0.3 is 10.2 Å². The Kier molecular flexibility index (Phi) is 4.62. The summed E-state index contributed by atoms with van der Waals surface area (Å²) in [5, 5.41) is 2.89. The van der Waals surface area contributed by atoms with Crippen molar-refractivity contribution < 1.29 is 13.2 Å². The van der Waals surface area contributed by atoms with Crippen LogP contribution in [0, 0.1) is 0 Å². The van der Waals surface area contributed by atoms with Crippen molar-refractivity contribution in [1.82, 2.24) is 5.32 Å². The zero-order valence-electron chi connectivity index (χ0n) is 13.5. The van der Waals surface area contributed by atoms with Gasteiger partial charge in [-0.1, -0.05) is 25.1 Å². The number of carbonyl (C=O) groups is 1. The Hall–Kier alpha value is -1.56. The van der Waals surface area contributed by atoms with E-state index in [0.29, 0.717) is 13.0 Å². The third kappa shape index (κ3) is 3.68. The number of rotatable bonds is 4. The molecule has 0 spiro atoms. The van der Waals surface area contributed by atoms with Gasteiger partial charge in [0.1, 0.15) is 0 Å². The van der Waals surface area contributed by atoms with Gasteiger partial charge in [0.2, 0.25) is 5.91 Å². The third-order valence-electron chi connectivity index (χ3n) is 4.71. The summed E-state index contributed by atoms with van der Waals surface area (Å²) in [6.45, 7) is 3.31. The van der Waals surface area contributed by atoms with Gasteiger partial charge in [0.05, 0.1) is 18.1 Å². The van der Waals surface area contributed by atoms with Gasteiger partial charge in [-0.3, -0.25) is 4.79 Å². The maximum absolute atomic E-state index is 12.3. The number of sulfone groups is 1. The topological polar surface area (TPSA) is 66.5 Å². The van der Waals surface area contributed by atoms with Gasteiger partial charge >= 0.3 is 0 Å². The van der Waals surface area contributed by atoms with Crippen molar-refractivity contribution in [3.8, 4) is 0 Å². The molecule has 1 aromatic rings. The fourth-order valence-electron chi connectivity index (χ4n) is 3.62. The summed E-state index contributed by atoms with van der Waals surface area (Å²) in [5.41, 5.74) is 3.79. The highest BCUT2D eigenvalue weighted by atomic mass is 32.2. The highest BCUT2D eigenvalue weighted by molar-refractivity contribution is 7.91. The zero-order valence-corrected chi connectivity index (χ0v) is 14.4. The quantitative estimate of drug-likeness (QED) is 0.900. The Morgan fingerprint density at radius 1 is 1.39 bits per heavy atom. The van der Waals surface area contributed by atoms with Gasteiger partial charge in [0.15, 0.2) is 9.84 Å². The minimum atomic E-state index is -2.96. The molecule has 0 unspecified atom stereocenters. The number of aryl methyl sites for hydroxylation is 2. The zero-order chi connectivity index (χ0) is 16.4. The van der Waals surface area contributed by atoms with Crippen molar-refractivity contribution in [3.63, 3.8) is 0 Å². The Bertz CT molecular complexity index is 686. The molecule has 6 heteroatoms. The lowest BCUT2D eigenvalue weighted by atomic mass is 9.96. The first-order valence-electron chi connectivity index (χ1n) is 8.34. The smallest absolute Gasteiger partial charge is 0.239 e. The van der Waals surface area contributed by atoms with E-state index in [9.17, 15) is 13.2 Å². The molecular weight excluding hydrogens is 312 g/mol. The second-order valence-electron chi connectivity index (χ2n) is 6.47. The second kappa shape index (κ2) is 6.51. The Labute approximate surface area is 138 Å². The molecular formula is C17H24N2O3S. The van der Waals surface area contributed by atoms with Crippen LogP contribution < -0.4 is 10.2 Å². The summed E-state index contributed by atoms with van der Waals surface area (Å²) in [6, 6.07) is 6.13. The van der Waals surface area contributed by atoms with E-state index in [1.165, 1.54) is 16.8 Å². The van der Waals surface area contributed by atoms with E-state index in [1.54, 1.807) is 0 Å². The normalized spacial score (nSPS) is 22.7. The van der Waals surface area contributed by atoms with Crippen LogP contribution in [0.4, 0.5) is 5.69 Å². The molecule has 0 aromatic heterocycles. The van der Waals surface area contributed by atoms with Gasteiger partial charge in [0.25, 0.3) is 0 Å². The Balaban J connectivity index is 1.69. The summed E-state index contributed by atoms with van der Waals surface area (Å²) in [4.78, 5) is 14.5. The molecule has 3 rings (SSSR count). The summed E-state index contributed by atoms with van der Waals surface area (Å²) in [7, 11) is -2.96. The van der Waals surface area contributed by atoms with Gasteiger partial charge in [-0.25, -0.2) is 8.42 Å². The Morgan fingerprint density at radius 3 is 2.91 bits per heavy atom. The molecule has 1 atom stereocenters. The molecule has 2 heterocycles. The maximum atomic E-state index is 12.3. The highest BCUT2D eigenvalue weighted by Gasteiger charge is 2.29. The van der Waals surface area contributed by atoms with Crippen molar-refractivity contribution >= 4 is 21.4 Å². The average Bonchev–Trinajstić information content (AvgIpc) is 2.85. The van der Waals surface area contributed by atoms with Crippen LogP contribution in [-0.4, -0.2) is 45.0 Å². The van der Waals surface area contributed by atoms with E-state index in [2.05, 4.69) is 35.3 Å². The molecule has 1 N–H and O–H groups in total. The molecule has 0 radical (unpaired) electrons. The molecule has 23 heavy (non-hydrogen) atoms. The van der Waals surface area contributed by atoms with Crippen LogP contribution in [0.25, 0.3) is 0 Å². The largest absolute Gasteiger partial charge is 0.362 e.